The number of Topliss-reactive ketones (excluding diaryl/α,β-unsaturated/α-hetero) is 1. The first-order valence-electron chi connectivity index (χ1n) is 6.84. The highest BCUT2D eigenvalue weighted by Crippen LogP contribution is 2.22. The largest absolute Gasteiger partial charge is 0.314 e. The summed E-state index contributed by atoms with van der Waals surface area (Å²) < 4.78 is 23.5. The highest BCUT2D eigenvalue weighted by molar-refractivity contribution is 7.90. The molecule has 0 amide bonds. The van der Waals surface area contributed by atoms with E-state index in [1.165, 1.54) is 18.2 Å². The lowest BCUT2D eigenvalue weighted by Gasteiger charge is -2.26. The highest BCUT2D eigenvalue weighted by atomic mass is 35.5. The summed E-state index contributed by atoms with van der Waals surface area (Å²) in [6, 6.07) is 4.33. The van der Waals surface area contributed by atoms with Gasteiger partial charge in [-0.3, -0.25) is 4.79 Å². The van der Waals surface area contributed by atoms with Crippen LogP contribution in [0.1, 0.15) is 16.8 Å². The maximum absolute atomic E-state index is 12.3. The third kappa shape index (κ3) is 4.51. The third-order valence-electron chi connectivity index (χ3n) is 3.51. The van der Waals surface area contributed by atoms with Crippen molar-refractivity contribution >= 4 is 27.2 Å². The van der Waals surface area contributed by atoms with Crippen molar-refractivity contribution in [3.05, 3.63) is 28.8 Å². The zero-order valence-corrected chi connectivity index (χ0v) is 13.5. The molecule has 0 aromatic heterocycles. The monoisotopic (exact) mass is 330 g/mol. The summed E-state index contributed by atoms with van der Waals surface area (Å²) in [5, 5.41) is 3.62. The van der Waals surface area contributed by atoms with E-state index in [9.17, 15) is 13.2 Å². The molecule has 2 rings (SSSR count). The van der Waals surface area contributed by atoms with Crippen molar-refractivity contribution in [2.24, 2.45) is 0 Å². The molecule has 1 fully saturated rings. The molecule has 1 heterocycles. The van der Waals surface area contributed by atoms with Crippen LogP contribution in [0.3, 0.4) is 0 Å². The van der Waals surface area contributed by atoms with Gasteiger partial charge in [-0.25, -0.2) is 8.42 Å². The lowest BCUT2D eigenvalue weighted by Crippen LogP contribution is -2.44. The Balaban J connectivity index is 2.12. The summed E-state index contributed by atoms with van der Waals surface area (Å²) in [5.74, 6) is -0.184. The molecule has 0 spiro atoms. The zero-order chi connectivity index (χ0) is 15.5. The van der Waals surface area contributed by atoms with Crippen molar-refractivity contribution < 1.29 is 13.2 Å². The number of nitrogens with one attached hydrogen (secondary N) is 1. The quantitative estimate of drug-likeness (QED) is 0.822. The van der Waals surface area contributed by atoms with Gasteiger partial charge in [0, 0.05) is 56.0 Å². The molecule has 0 radical (unpaired) electrons. The van der Waals surface area contributed by atoms with Crippen LogP contribution in [-0.2, 0) is 9.84 Å². The maximum Gasteiger partial charge on any atom is 0.176 e. The molecule has 0 aliphatic carbocycles. The Morgan fingerprint density at radius 1 is 1.33 bits per heavy atom. The van der Waals surface area contributed by atoms with Gasteiger partial charge in [0.05, 0.1) is 4.90 Å². The van der Waals surface area contributed by atoms with Crippen LogP contribution in [0.25, 0.3) is 0 Å². The predicted molar refractivity (Wildman–Crippen MR) is 82.8 cm³/mol. The van der Waals surface area contributed by atoms with Crippen molar-refractivity contribution in [2.45, 2.75) is 11.3 Å². The van der Waals surface area contributed by atoms with Gasteiger partial charge in [0.15, 0.2) is 15.6 Å². The SMILES string of the molecule is CS(=O)(=O)c1ccc(Cl)cc1C(=O)CCN1CCNCC1. The van der Waals surface area contributed by atoms with E-state index in [2.05, 4.69) is 10.2 Å². The van der Waals surface area contributed by atoms with Gasteiger partial charge >= 0.3 is 0 Å². The molecular weight excluding hydrogens is 312 g/mol. The molecule has 1 N–H and O–H groups in total. The summed E-state index contributed by atoms with van der Waals surface area (Å²) >= 11 is 5.89. The Morgan fingerprint density at radius 3 is 2.62 bits per heavy atom. The number of carbonyl (C=O) groups excluding carboxylic acids is 1. The number of hydrogen-bond donors (Lipinski definition) is 1. The molecule has 116 valence electrons. The number of carbonyl (C=O) groups is 1. The molecule has 1 aromatic rings. The second-order valence-electron chi connectivity index (χ2n) is 5.18. The van der Waals surface area contributed by atoms with Crippen molar-refractivity contribution in [3.63, 3.8) is 0 Å². The van der Waals surface area contributed by atoms with Gasteiger partial charge in [-0.15, -0.1) is 0 Å². The molecule has 0 bridgehead atoms. The van der Waals surface area contributed by atoms with Crippen LogP contribution in [0, 0.1) is 0 Å². The second-order valence-corrected chi connectivity index (χ2v) is 7.60. The minimum absolute atomic E-state index is 0.0530. The van der Waals surface area contributed by atoms with Crippen LogP contribution in [0.2, 0.25) is 5.02 Å². The van der Waals surface area contributed by atoms with E-state index >= 15 is 0 Å². The lowest BCUT2D eigenvalue weighted by atomic mass is 10.1. The standard InChI is InChI=1S/C14H19ClN2O3S/c1-21(19,20)14-3-2-11(15)10-12(14)13(18)4-7-17-8-5-16-6-9-17/h2-3,10,16H,4-9H2,1H3. The number of halogens is 1. The Hall–Kier alpha value is -0.950. The van der Waals surface area contributed by atoms with Gasteiger partial charge in [0.2, 0.25) is 0 Å². The molecule has 1 saturated heterocycles. The van der Waals surface area contributed by atoms with E-state index in [0.717, 1.165) is 32.4 Å². The van der Waals surface area contributed by atoms with E-state index in [-0.39, 0.29) is 16.2 Å². The number of benzene rings is 1. The van der Waals surface area contributed by atoms with Gasteiger partial charge in [0.25, 0.3) is 0 Å². The van der Waals surface area contributed by atoms with Crippen LogP contribution in [0.15, 0.2) is 23.1 Å². The summed E-state index contributed by atoms with van der Waals surface area (Å²) in [6.07, 6.45) is 1.40. The summed E-state index contributed by atoms with van der Waals surface area (Å²) in [4.78, 5) is 14.6. The van der Waals surface area contributed by atoms with E-state index in [4.69, 9.17) is 11.6 Å². The number of sulfone groups is 1. The van der Waals surface area contributed by atoms with Crippen LogP contribution in [0.4, 0.5) is 0 Å². The number of hydrogen-bond acceptors (Lipinski definition) is 5. The fourth-order valence-corrected chi connectivity index (χ4v) is 3.43. The minimum Gasteiger partial charge on any atom is -0.314 e. The summed E-state index contributed by atoms with van der Waals surface area (Å²) in [6.45, 7) is 4.28. The van der Waals surface area contributed by atoms with Gasteiger partial charge in [-0.2, -0.15) is 0 Å². The molecule has 0 unspecified atom stereocenters. The smallest absolute Gasteiger partial charge is 0.176 e. The fourth-order valence-electron chi connectivity index (χ4n) is 2.37. The second kappa shape index (κ2) is 6.87. The molecular formula is C14H19ClN2O3S. The summed E-state index contributed by atoms with van der Waals surface area (Å²) in [5.41, 5.74) is 0.195. The van der Waals surface area contributed by atoms with Crippen molar-refractivity contribution in [1.82, 2.24) is 10.2 Å². The number of rotatable bonds is 5. The van der Waals surface area contributed by atoms with E-state index < -0.39 is 9.84 Å². The highest BCUT2D eigenvalue weighted by Gasteiger charge is 2.20. The average Bonchev–Trinajstić information content (AvgIpc) is 2.44. The van der Waals surface area contributed by atoms with Gasteiger partial charge in [0.1, 0.15) is 0 Å². The fraction of sp³-hybridized carbons (Fsp3) is 0.500. The number of piperazine rings is 1. The van der Waals surface area contributed by atoms with E-state index in [1.54, 1.807) is 0 Å². The number of nitrogens with zero attached hydrogens (tertiary/aromatic N) is 1. The topological polar surface area (TPSA) is 66.5 Å². The van der Waals surface area contributed by atoms with Gasteiger partial charge in [-0.1, -0.05) is 11.6 Å². The molecule has 5 nitrogen and oxygen atoms in total. The molecule has 1 aliphatic rings. The Morgan fingerprint density at radius 2 is 2.00 bits per heavy atom. The number of ketones is 1. The maximum atomic E-state index is 12.3. The van der Waals surface area contributed by atoms with Crippen LogP contribution in [-0.4, -0.2) is 58.1 Å². The molecule has 0 saturated carbocycles. The molecule has 1 aliphatic heterocycles. The Bertz CT molecular complexity index is 625. The predicted octanol–water partition coefficient (Wildman–Crippen LogP) is 1.22. The third-order valence-corrected chi connectivity index (χ3v) is 4.90. The van der Waals surface area contributed by atoms with Crippen molar-refractivity contribution in [2.75, 3.05) is 39.0 Å². The van der Waals surface area contributed by atoms with E-state index in [1.807, 2.05) is 0 Å². The van der Waals surface area contributed by atoms with Crippen molar-refractivity contribution in [3.8, 4) is 0 Å². The molecule has 7 heteroatoms. The normalized spacial score (nSPS) is 16.9. The molecule has 21 heavy (non-hydrogen) atoms. The lowest BCUT2D eigenvalue weighted by molar-refractivity contribution is 0.0957. The first-order chi connectivity index (χ1) is 9.88. The first kappa shape index (κ1) is 16.4. The Kier molecular flexibility index (Phi) is 5.37. The van der Waals surface area contributed by atoms with E-state index in [0.29, 0.717) is 18.0 Å². The van der Waals surface area contributed by atoms with Crippen LogP contribution < -0.4 is 5.32 Å². The first-order valence-corrected chi connectivity index (χ1v) is 9.11. The zero-order valence-electron chi connectivity index (χ0n) is 11.9. The van der Waals surface area contributed by atoms with Gasteiger partial charge < -0.3 is 10.2 Å². The summed E-state index contributed by atoms with van der Waals surface area (Å²) in [7, 11) is -3.44. The van der Waals surface area contributed by atoms with Crippen LogP contribution >= 0.6 is 11.6 Å². The molecule has 1 aromatic carbocycles. The molecule has 0 atom stereocenters. The van der Waals surface area contributed by atoms with Crippen LogP contribution in [0.5, 0.6) is 0 Å². The minimum atomic E-state index is -3.44. The van der Waals surface area contributed by atoms with Gasteiger partial charge in [-0.05, 0) is 18.2 Å². The Labute approximate surface area is 130 Å². The van der Waals surface area contributed by atoms with Crippen molar-refractivity contribution in [1.29, 1.82) is 0 Å². The average molecular weight is 331 g/mol.